The Labute approximate surface area is 156 Å². The summed E-state index contributed by atoms with van der Waals surface area (Å²) >= 11 is 0. The fraction of sp³-hybridized carbons (Fsp3) is 0.619. The predicted octanol–water partition coefficient (Wildman–Crippen LogP) is 3.54. The highest BCUT2D eigenvalue weighted by Gasteiger charge is 2.21. The lowest BCUT2D eigenvalue weighted by Gasteiger charge is -2.28. The first-order valence-electron chi connectivity index (χ1n) is 9.58. The zero-order chi connectivity index (χ0) is 19.2. The molecular formula is C21H32N2O3. The molecule has 2 amide bonds. The number of rotatable bonds is 6. The third kappa shape index (κ3) is 6.45. The van der Waals surface area contributed by atoms with Gasteiger partial charge in [0.15, 0.2) is 0 Å². The molecule has 1 aromatic rings. The van der Waals surface area contributed by atoms with Crippen molar-refractivity contribution in [2.45, 2.75) is 65.0 Å². The first-order valence-corrected chi connectivity index (χ1v) is 9.58. The maximum Gasteiger partial charge on any atom is 0.251 e. The summed E-state index contributed by atoms with van der Waals surface area (Å²) in [6, 6.07) is 6.71. The SMILES string of the molecule is CC1CCCCC1OCCNC(=O)c1ccc(C(=O)NC(C)(C)C)cc1. The Balaban J connectivity index is 1.76. The van der Waals surface area contributed by atoms with Crippen molar-refractivity contribution in [1.29, 1.82) is 0 Å². The second-order valence-electron chi connectivity index (χ2n) is 8.21. The zero-order valence-electron chi connectivity index (χ0n) is 16.4. The molecule has 2 rings (SSSR count). The average molecular weight is 360 g/mol. The van der Waals surface area contributed by atoms with Gasteiger partial charge in [0, 0.05) is 23.2 Å². The van der Waals surface area contributed by atoms with Crippen LogP contribution >= 0.6 is 0 Å². The summed E-state index contributed by atoms with van der Waals surface area (Å²) in [7, 11) is 0. The van der Waals surface area contributed by atoms with E-state index in [1.54, 1.807) is 24.3 Å². The maximum absolute atomic E-state index is 12.2. The van der Waals surface area contributed by atoms with Crippen LogP contribution in [-0.4, -0.2) is 36.6 Å². The first kappa shape index (κ1) is 20.4. The molecule has 1 aliphatic carbocycles. The number of hydrogen-bond donors (Lipinski definition) is 2. The molecule has 0 spiro atoms. The van der Waals surface area contributed by atoms with E-state index in [0.717, 1.165) is 6.42 Å². The van der Waals surface area contributed by atoms with Crippen LogP contribution in [0.4, 0.5) is 0 Å². The molecule has 144 valence electrons. The van der Waals surface area contributed by atoms with Crippen LogP contribution in [0.3, 0.4) is 0 Å². The molecule has 2 unspecified atom stereocenters. The molecule has 1 fully saturated rings. The van der Waals surface area contributed by atoms with Crippen LogP contribution in [0.1, 0.15) is 74.1 Å². The van der Waals surface area contributed by atoms with Crippen molar-refractivity contribution in [3.8, 4) is 0 Å². The summed E-state index contributed by atoms with van der Waals surface area (Å²) in [5, 5.41) is 5.78. The van der Waals surface area contributed by atoms with Gasteiger partial charge in [-0.15, -0.1) is 0 Å². The van der Waals surface area contributed by atoms with Gasteiger partial charge in [0.05, 0.1) is 12.7 Å². The van der Waals surface area contributed by atoms with E-state index in [-0.39, 0.29) is 17.4 Å². The van der Waals surface area contributed by atoms with Gasteiger partial charge in [-0.3, -0.25) is 9.59 Å². The second kappa shape index (κ2) is 9.17. The monoisotopic (exact) mass is 360 g/mol. The van der Waals surface area contributed by atoms with Gasteiger partial charge < -0.3 is 15.4 Å². The topological polar surface area (TPSA) is 67.4 Å². The molecule has 1 aliphatic rings. The van der Waals surface area contributed by atoms with Crippen LogP contribution in [0.25, 0.3) is 0 Å². The van der Waals surface area contributed by atoms with Crippen LogP contribution in [0.15, 0.2) is 24.3 Å². The Morgan fingerprint density at radius 1 is 1.04 bits per heavy atom. The molecule has 1 aromatic carbocycles. The molecule has 5 nitrogen and oxygen atoms in total. The third-order valence-electron chi connectivity index (χ3n) is 4.65. The van der Waals surface area contributed by atoms with Crippen molar-refractivity contribution in [2.24, 2.45) is 5.92 Å². The summed E-state index contributed by atoms with van der Waals surface area (Å²) < 4.78 is 5.91. The van der Waals surface area contributed by atoms with Crippen molar-refractivity contribution in [3.05, 3.63) is 35.4 Å². The van der Waals surface area contributed by atoms with Gasteiger partial charge >= 0.3 is 0 Å². The van der Waals surface area contributed by atoms with Crippen LogP contribution in [0, 0.1) is 5.92 Å². The minimum absolute atomic E-state index is 0.139. The standard InChI is InChI=1S/C21H32N2O3/c1-15-7-5-6-8-18(15)26-14-13-22-19(24)16-9-11-17(12-10-16)20(25)23-21(2,3)4/h9-12,15,18H,5-8,13-14H2,1-4H3,(H,22,24)(H,23,25). The summed E-state index contributed by atoms with van der Waals surface area (Å²) in [5.41, 5.74) is 0.803. The summed E-state index contributed by atoms with van der Waals surface area (Å²) in [6.07, 6.45) is 5.19. The fourth-order valence-electron chi connectivity index (χ4n) is 3.19. The molecule has 1 saturated carbocycles. The Kier molecular flexibility index (Phi) is 7.21. The quantitative estimate of drug-likeness (QED) is 0.763. The van der Waals surface area contributed by atoms with E-state index in [1.165, 1.54) is 19.3 Å². The number of ether oxygens (including phenoxy) is 1. The van der Waals surface area contributed by atoms with Crippen LogP contribution < -0.4 is 10.6 Å². The lowest BCUT2D eigenvalue weighted by Crippen LogP contribution is -2.40. The van der Waals surface area contributed by atoms with Gasteiger partial charge in [0.1, 0.15) is 0 Å². The fourth-order valence-corrected chi connectivity index (χ4v) is 3.19. The van der Waals surface area contributed by atoms with Gasteiger partial charge in [-0.25, -0.2) is 0 Å². The van der Waals surface area contributed by atoms with E-state index in [1.807, 2.05) is 20.8 Å². The van der Waals surface area contributed by atoms with E-state index in [4.69, 9.17) is 4.74 Å². The van der Waals surface area contributed by atoms with Crippen molar-refractivity contribution < 1.29 is 14.3 Å². The average Bonchev–Trinajstić information content (AvgIpc) is 2.58. The van der Waals surface area contributed by atoms with Crippen LogP contribution in [0.5, 0.6) is 0 Å². The van der Waals surface area contributed by atoms with Crippen LogP contribution in [0.2, 0.25) is 0 Å². The highest BCUT2D eigenvalue weighted by molar-refractivity contribution is 5.98. The van der Waals surface area contributed by atoms with Gasteiger partial charge in [-0.05, 0) is 63.8 Å². The van der Waals surface area contributed by atoms with Gasteiger partial charge in [-0.1, -0.05) is 19.8 Å². The van der Waals surface area contributed by atoms with Crippen molar-refractivity contribution in [3.63, 3.8) is 0 Å². The molecule has 2 atom stereocenters. The molecule has 0 heterocycles. The number of nitrogens with one attached hydrogen (secondary N) is 2. The number of hydrogen-bond acceptors (Lipinski definition) is 3. The minimum Gasteiger partial charge on any atom is -0.376 e. The Morgan fingerprint density at radius 3 is 2.19 bits per heavy atom. The van der Waals surface area contributed by atoms with Crippen LogP contribution in [-0.2, 0) is 4.74 Å². The smallest absolute Gasteiger partial charge is 0.251 e. The Hall–Kier alpha value is -1.88. The molecular weight excluding hydrogens is 328 g/mol. The zero-order valence-corrected chi connectivity index (χ0v) is 16.4. The van der Waals surface area contributed by atoms with Gasteiger partial charge in [-0.2, -0.15) is 0 Å². The highest BCUT2D eigenvalue weighted by Crippen LogP contribution is 2.25. The molecule has 0 aromatic heterocycles. The normalized spacial score (nSPS) is 20.5. The first-order chi connectivity index (χ1) is 12.3. The molecule has 26 heavy (non-hydrogen) atoms. The summed E-state index contributed by atoms with van der Waals surface area (Å²) in [4.78, 5) is 24.3. The highest BCUT2D eigenvalue weighted by atomic mass is 16.5. The van der Waals surface area contributed by atoms with E-state index in [9.17, 15) is 9.59 Å². The third-order valence-corrected chi connectivity index (χ3v) is 4.65. The lowest BCUT2D eigenvalue weighted by molar-refractivity contribution is -0.00293. The number of carbonyl (C=O) groups is 2. The summed E-state index contributed by atoms with van der Waals surface area (Å²) in [6.45, 7) is 9.06. The van der Waals surface area contributed by atoms with Gasteiger partial charge in [0.2, 0.25) is 0 Å². The van der Waals surface area contributed by atoms with E-state index < -0.39 is 0 Å². The largest absolute Gasteiger partial charge is 0.376 e. The lowest BCUT2D eigenvalue weighted by atomic mass is 9.88. The van der Waals surface area contributed by atoms with Crippen molar-refractivity contribution in [1.82, 2.24) is 10.6 Å². The maximum atomic E-state index is 12.2. The number of carbonyl (C=O) groups excluding carboxylic acids is 2. The van der Waals surface area contributed by atoms with E-state index >= 15 is 0 Å². The second-order valence-corrected chi connectivity index (χ2v) is 8.21. The summed E-state index contributed by atoms with van der Waals surface area (Å²) in [5.74, 6) is 0.318. The van der Waals surface area contributed by atoms with Crippen molar-refractivity contribution in [2.75, 3.05) is 13.2 Å². The number of amides is 2. The number of benzene rings is 1. The molecule has 0 bridgehead atoms. The molecule has 0 radical (unpaired) electrons. The van der Waals surface area contributed by atoms with E-state index in [0.29, 0.717) is 36.3 Å². The minimum atomic E-state index is -0.289. The van der Waals surface area contributed by atoms with Gasteiger partial charge in [0.25, 0.3) is 11.8 Å². The molecule has 5 heteroatoms. The Bertz CT molecular complexity index is 605. The Morgan fingerprint density at radius 2 is 1.62 bits per heavy atom. The van der Waals surface area contributed by atoms with Crippen molar-refractivity contribution >= 4 is 11.8 Å². The molecule has 2 N–H and O–H groups in total. The molecule has 0 saturated heterocycles. The predicted molar refractivity (Wildman–Crippen MR) is 103 cm³/mol. The van der Waals surface area contributed by atoms with E-state index in [2.05, 4.69) is 17.6 Å². The molecule has 0 aliphatic heterocycles.